The third-order valence-electron chi connectivity index (χ3n) is 4.27. The average molecular weight is 343 g/mol. The van der Waals surface area contributed by atoms with Gasteiger partial charge >= 0.3 is 0 Å². The molecule has 0 bridgehead atoms. The summed E-state index contributed by atoms with van der Waals surface area (Å²) in [5, 5.41) is 3.66. The topological polar surface area (TPSA) is 92.5 Å². The molecule has 1 saturated heterocycles. The minimum atomic E-state index is -3.83. The summed E-state index contributed by atoms with van der Waals surface area (Å²) in [6.45, 7) is 8.22. The van der Waals surface area contributed by atoms with E-state index in [1.165, 1.54) is 6.92 Å². The quantitative estimate of drug-likeness (QED) is 0.896. The number of nitrogens with one attached hydrogen (secondary N) is 1. The zero-order chi connectivity index (χ0) is 17.2. The predicted octanol–water partition coefficient (Wildman–Crippen LogP) is 1.61. The first-order valence-corrected chi connectivity index (χ1v) is 9.44. The van der Waals surface area contributed by atoms with Crippen molar-refractivity contribution >= 4 is 15.9 Å². The summed E-state index contributed by atoms with van der Waals surface area (Å²) in [6, 6.07) is -0.817. The Labute approximate surface area is 137 Å². The van der Waals surface area contributed by atoms with Gasteiger partial charge in [-0.05, 0) is 46.0 Å². The number of carbonyl (C=O) groups is 1. The van der Waals surface area contributed by atoms with Gasteiger partial charge in [0.05, 0.1) is 6.04 Å². The molecular weight excluding hydrogens is 318 g/mol. The summed E-state index contributed by atoms with van der Waals surface area (Å²) in [7, 11) is -3.83. The van der Waals surface area contributed by atoms with Crippen molar-refractivity contribution in [3.05, 3.63) is 11.5 Å². The SMILES string of the molecule is Cc1noc(C)c1S(=O)(=O)N[C@@H](C)C(=O)N1CCC[C@@H](C)CC1. The third kappa shape index (κ3) is 4.11. The van der Waals surface area contributed by atoms with E-state index in [9.17, 15) is 13.2 Å². The number of aryl methyl sites for hydroxylation is 2. The van der Waals surface area contributed by atoms with Gasteiger partial charge in [0, 0.05) is 13.1 Å². The van der Waals surface area contributed by atoms with E-state index in [1.807, 2.05) is 0 Å². The molecule has 2 atom stereocenters. The number of carbonyl (C=O) groups excluding carboxylic acids is 1. The van der Waals surface area contributed by atoms with Crippen molar-refractivity contribution in [2.45, 2.75) is 57.9 Å². The average Bonchev–Trinajstić information content (AvgIpc) is 2.68. The van der Waals surface area contributed by atoms with Crippen LogP contribution in [0, 0.1) is 19.8 Å². The first kappa shape index (κ1) is 17.9. The number of nitrogens with zero attached hydrogens (tertiary/aromatic N) is 2. The van der Waals surface area contributed by atoms with Gasteiger partial charge in [-0.3, -0.25) is 4.79 Å². The summed E-state index contributed by atoms with van der Waals surface area (Å²) in [5.74, 6) is 0.634. The Kier molecular flexibility index (Phi) is 5.46. The lowest BCUT2D eigenvalue weighted by Crippen LogP contribution is -2.47. The van der Waals surface area contributed by atoms with E-state index in [-0.39, 0.29) is 16.6 Å². The van der Waals surface area contributed by atoms with Crippen LogP contribution in [-0.2, 0) is 14.8 Å². The molecule has 1 fully saturated rings. The zero-order valence-electron chi connectivity index (χ0n) is 14.1. The van der Waals surface area contributed by atoms with Crippen LogP contribution in [0.2, 0.25) is 0 Å². The van der Waals surface area contributed by atoms with Crippen LogP contribution < -0.4 is 4.72 Å². The van der Waals surface area contributed by atoms with Gasteiger partial charge in [-0.1, -0.05) is 12.1 Å². The van der Waals surface area contributed by atoms with Gasteiger partial charge in [-0.25, -0.2) is 8.42 Å². The van der Waals surface area contributed by atoms with Crippen LogP contribution in [0.15, 0.2) is 9.42 Å². The van der Waals surface area contributed by atoms with E-state index in [2.05, 4.69) is 16.8 Å². The van der Waals surface area contributed by atoms with Crippen molar-refractivity contribution in [2.75, 3.05) is 13.1 Å². The van der Waals surface area contributed by atoms with Gasteiger partial charge in [-0.15, -0.1) is 0 Å². The number of aromatic nitrogens is 1. The maximum atomic E-state index is 12.5. The standard InChI is InChI=1S/C15H25N3O4S/c1-10-6-5-8-18(9-7-10)15(19)12(3)17-23(20,21)14-11(2)16-22-13(14)4/h10,12,17H,5-9H2,1-4H3/t10-,12+/m1/s1. The molecule has 1 aliphatic rings. The number of sulfonamides is 1. The molecule has 23 heavy (non-hydrogen) atoms. The number of hydrogen-bond acceptors (Lipinski definition) is 5. The smallest absolute Gasteiger partial charge is 0.246 e. The van der Waals surface area contributed by atoms with Crippen LogP contribution in [0.4, 0.5) is 0 Å². The molecule has 0 unspecified atom stereocenters. The lowest BCUT2D eigenvalue weighted by molar-refractivity contribution is -0.132. The summed E-state index contributed by atoms with van der Waals surface area (Å²) in [4.78, 5) is 14.3. The molecule has 2 rings (SSSR count). The Morgan fingerprint density at radius 3 is 2.65 bits per heavy atom. The van der Waals surface area contributed by atoms with Crippen LogP contribution in [-0.4, -0.2) is 43.5 Å². The van der Waals surface area contributed by atoms with E-state index in [4.69, 9.17) is 4.52 Å². The largest absolute Gasteiger partial charge is 0.360 e. The van der Waals surface area contributed by atoms with Crippen LogP contribution in [0.5, 0.6) is 0 Å². The lowest BCUT2D eigenvalue weighted by Gasteiger charge is -2.24. The van der Waals surface area contributed by atoms with Crippen molar-refractivity contribution in [1.29, 1.82) is 0 Å². The number of amides is 1. The molecule has 1 N–H and O–H groups in total. The molecule has 1 aromatic rings. The summed E-state index contributed by atoms with van der Waals surface area (Å²) in [6.07, 6.45) is 3.01. The Bertz CT molecular complexity index is 649. The van der Waals surface area contributed by atoms with Crippen molar-refractivity contribution in [3.8, 4) is 0 Å². The highest BCUT2D eigenvalue weighted by molar-refractivity contribution is 7.89. The van der Waals surface area contributed by atoms with Crippen molar-refractivity contribution in [3.63, 3.8) is 0 Å². The maximum Gasteiger partial charge on any atom is 0.246 e. The molecule has 130 valence electrons. The fourth-order valence-electron chi connectivity index (χ4n) is 2.96. The van der Waals surface area contributed by atoms with Crippen LogP contribution in [0.25, 0.3) is 0 Å². The van der Waals surface area contributed by atoms with Crippen LogP contribution >= 0.6 is 0 Å². The monoisotopic (exact) mass is 343 g/mol. The molecule has 2 heterocycles. The Morgan fingerprint density at radius 1 is 1.35 bits per heavy atom. The van der Waals surface area contributed by atoms with Crippen molar-refractivity contribution in [2.24, 2.45) is 5.92 Å². The van der Waals surface area contributed by atoms with E-state index in [1.54, 1.807) is 18.7 Å². The summed E-state index contributed by atoms with van der Waals surface area (Å²) < 4.78 is 32.3. The van der Waals surface area contributed by atoms with E-state index >= 15 is 0 Å². The number of likely N-dealkylation sites (tertiary alicyclic amines) is 1. The Morgan fingerprint density at radius 2 is 2.04 bits per heavy atom. The van der Waals surface area contributed by atoms with Gasteiger partial charge in [0.1, 0.15) is 10.6 Å². The molecule has 8 heteroatoms. The third-order valence-corrected chi connectivity index (χ3v) is 6.05. The predicted molar refractivity (Wildman–Crippen MR) is 85.4 cm³/mol. The van der Waals surface area contributed by atoms with Gasteiger partial charge < -0.3 is 9.42 Å². The molecule has 0 aromatic carbocycles. The molecule has 1 aromatic heterocycles. The fourth-order valence-corrected chi connectivity index (χ4v) is 4.48. The molecule has 0 radical (unpaired) electrons. The highest BCUT2D eigenvalue weighted by Gasteiger charge is 2.30. The first-order chi connectivity index (χ1) is 10.7. The summed E-state index contributed by atoms with van der Waals surface area (Å²) >= 11 is 0. The minimum Gasteiger partial charge on any atom is -0.360 e. The van der Waals surface area contributed by atoms with Gasteiger partial charge in [0.15, 0.2) is 5.76 Å². The van der Waals surface area contributed by atoms with E-state index < -0.39 is 16.1 Å². The van der Waals surface area contributed by atoms with Crippen molar-refractivity contribution in [1.82, 2.24) is 14.8 Å². The molecule has 0 spiro atoms. The van der Waals surface area contributed by atoms with E-state index in [0.29, 0.717) is 24.7 Å². The number of rotatable bonds is 4. The second-order valence-electron chi connectivity index (χ2n) is 6.36. The lowest BCUT2D eigenvalue weighted by atomic mass is 10.0. The Balaban J connectivity index is 2.08. The summed E-state index contributed by atoms with van der Waals surface area (Å²) in [5.41, 5.74) is 0.290. The van der Waals surface area contributed by atoms with Crippen molar-refractivity contribution < 1.29 is 17.7 Å². The molecule has 0 saturated carbocycles. The highest BCUT2D eigenvalue weighted by atomic mass is 32.2. The zero-order valence-corrected chi connectivity index (χ0v) is 14.9. The van der Waals surface area contributed by atoms with E-state index in [0.717, 1.165) is 19.3 Å². The first-order valence-electron chi connectivity index (χ1n) is 7.96. The van der Waals surface area contributed by atoms with Gasteiger partial charge in [0.2, 0.25) is 15.9 Å². The second kappa shape index (κ2) is 7.00. The Hall–Kier alpha value is -1.41. The molecule has 1 amide bonds. The minimum absolute atomic E-state index is 0.0154. The second-order valence-corrected chi connectivity index (χ2v) is 8.01. The normalized spacial score (nSPS) is 21.0. The van der Waals surface area contributed by atoms with Gasteiger partial charge in [-0.2, -0.15) is 4.72 Å². The fraction of sp³-hybridized carbons (Fsp3) is 0.733. The molecule has 0 aliphatic carbocycles. The molecule has 7 nitrogen and oxygen atoms in total. The number of hydrogen-bond donors (Lipinski definition) is 1. The van der Waals surface area contributed by atoms with Crippen LogP contribution in [0.1, 0.15) is 44.6 Å². The highest BCUT2D eigenvalue weighted by Crippen LogP contribution is 2.20. The molecule has 1 aliphatic heterocycles. The van der Waals surface area contributed by atoms with Gasteiger partial charge in [0.25, 0.3) is 0 Å². The maximum absolute atomic E-state index is 12.5. The van der Waals surface area contributed by atoms with Crippen LogP contribution in [0.3, 0.4) is 0 Å². The molecular formula is C15H25N3O4S.